The summed E-state index contributed by atoms with van der Waals surface area (Å²) in [4.78, 5) is 12.5. The van der Waals surface area contributed by atoms with Crippen molar-refractivity contribution >= 4 is 40.9 Å². The molecule has 3 aromatic rings. The van der Waals surface area contributed by atoms with Gasteiger partial charge in [0.15, 0.2) is 11.0 Å². The second kappa shape index (κ2) is 9.45. The van der Waals surface area contributed by atoms with E-state index in [4.69, 9.17) is 23.2 Å². The second-order valence-electron chi connectivity index (χ2n) is 6.20. The zero-order chi connectivity index (χ0) is 20.1. The molecule has 146 valence electrons. The molecular weight excluding hydrogens is 415 g/mol. The first-order chi connectivity index (χ1) is 13.5. The minimum absolute atomic E-state index is 0.176. The highest BCUT2D eigenvalue weighted by Gasteiger charge is 2.19. The predicted molar refractivity (Wildman–Crippen MR) is 114 cm³/mol. The van der Waals surface area contributed by atoms with E-state index in [1.807, 2.05) is 42.7 Å². The lowest BCUT2D eigenvalue weighted by Crippen LogP contribution is -2.28. The van der Waals surface area contributed by atoms with Crippen molar-refractivity contribution in [2.24, 2.45) is 0 Å². The summed E-state index contributed by atoms with van der Waals surface area (Å²) in [6, 6.07) is 14.3. The van der Waals surface area contributed by atoms with E-state index in [0.717, 1.165) is 27.3 Å². The van der Waals surface area contributed by atoms with Gasteiger partial charge in [-0.3, -0.25) is 4.79 Å². The van der Waals surface area contributed by atoms with Crippen LogP contribution in [0.5, 0.6) is 0 Å². The molecule has 0 saturated heterocycles. The van der Waals surface area contributed by atoms with Gasteiger partial charge < -0.3 is 9.88 Å². The minimum atomic E-state index is -0.277. The number of carbonyl (C=O) groups excluding carboxylic acids is 1. The number of nitrogens with one attached hydrogen (secondary N) is 1. The Labute approximate surface area is 178 Å². The first-order valence-electron chi connectivity index (χ1n) is 8.84. The molecule has 0 aliphatic carbocycles. The molecule has 5 nitrogen and oxygen atoms in total. The Morgan fingerprint density at radius 3 is 2.29 bits per heavy atom. The molecule has 0 saturated carbocycles. The van der Waals surface area contributed by atoms with Gasteiger partial charge in [-0.15, -0.1) is 10.2 Å². The molecule has 1 N–H and O–H groups in total. The molecule has 0 aliphatic rings. The zero-order valence-corrected chi connectivity index (χ0v) is 17.9. The molecule has 1 heterocycles. The fraction of sp³-hybridized carbons (Fsp3) is 0.250. The van der Waals surface area contributed by atoms with Crippen molar-refractivity contribution in [1.29, 1.82) is 0 Å². The largest absolute Gasteiger partial charge is 0.342 e. The van der Waals surface area contributed by atoms with Crippen molar-refractivity contribution in [2.45, 2.75) is 37.3 Å². The predicted octanol–water partition coefficient (Wildman–Crippen LogP) is 5.39. The number of rotatable bonds is 7. The maximum Gasteiger partial charge on any atom is 0.251 e. The standard InChI is InChI=1S/C20H20Cl2N4OS/c1-3-26-18(13(2)23-19(27)15-6-10-17(22)11-7-15)24-25-20(26)28-12-14-4-8-16(21)9-5-14/h4-11,13H,3,12H2,1-2H3,(H,23,27). The van der Waals surface area contributed by atoms with E-state index in [-0.39, 0.29) is 11.9 Å². The molecule has 0 aliphatic heterocycles. The Hall–Kier alpha value is -2.02. The first kappa shape index (κ1) is 20.7. The number of halogens is 2. The van der Waals surface area contributed by atoms with Crippen molar-refractivity contribution in [3.8, 4) is 0 Å². The maximum absolute atomic E-state index is 12.5. The summed E-state index contributed by atoms with van der Waals surface area (Å²) >= 11 is 13.4. The molecule has 0 bridgehead atoms. The smallest absolute Gasteiger partial charge is 0.251 e. The van der Waals surface area contributed by atoms with E-state index in [0.29, 0.717) is 17.1 Å². The third-order valence-electron chi connectivity index (χ3n) is 4.18. The van der Waals surface area contributed by atoms with E-state index in [1.54, 1.807) is 36.0 Å². The molecule has 1 atom stereocenters. The molecule has 3 rings (SSSR count). The van der Waals surface area contributed by atoms with Crippen LogP contribution in [0.3, 0.4) is 0 Å². The Kier molecular flexibility index (Phi) is 6.99. The topological polar surface area (TPSA) is 59.8 Å². The first-order valence-corrected chi connectivity index (χ1v) is 10.6. The monoisotopic (exact) mass is 434 g/mol. The van der Waals surface area contributed by atoms with Crippen LogP contribution in [-0.4, -0.2) is 20.7 Å². The highest BCUT2D eigenvalue weighted by molar-refractivity contribution is 7.98. The van der Waals surface area contributed by atoms with Crippen molar-refractivity contribution < 1.29 is 4.79 Å². The lowest BCUT2D eigenvalue weighted by Gasteiger charge is -2.15. The van der Waals surface area contributed by atoms with Crippen LogP contribution in [0.2, 0.25) is 10.0 Å². The number of benzene rings is 2. The Balaban J connectivity index is 1.68. The van der Waals surface area contributed by atoms with Crippen LogP contribution in [0.15, 0.2) is 53.7 Å². The molecule has 0 spiro atoms. The molecule has 0 radical (unpaired) electrons. The van der Waals surface area contributed by atoms with Crippen molar-refractivity contribution in [1.82, 2.24) is 20.1 Å². The number of nitrogens with zero attached hydrogens (tertiary/aromatic N) is 3. The van der Waals surface area contributed by atoms with Gasteiger partial charge in [0.2, 0.25) is 0 Å². The highest BCUT2D eigenvalue weighted by Crippen LogP contribution is 2.25. The number of carbonyl (C=O) groups is 1. The van der Waals surface area contributed by atoms with Crippen molar-refractivity contribution in [2.75, 3.05) is 0 Å². The number of thioether (sulfide) groups is 1. The normalized spacial score (nSPS) is 12.0. The van der Waals surface area contributed by atoms with Crippen LogP contribution in [0.4, 0.5) is 0 Å². The van der Waals surface area contributed by atoms with Gasteiger partial charge in [0.25, 0.3) is 5.91 Å². The summed E-state index contributed by atoms with van der Waals surface area (Å²) in [5.74, 6) is 1.31. The molecule has 1 amide bonds. The van der Waals surface area contributed by atoms with Gasteiger partial charge in [-0.2, -0.15) is 0 Å². The number of aromatic nitrogens is 3. The highest BCUT2D eigenvalue weighted by atomic mass is 35.5. The lowest BCUT2D eigenvalue weighted by atomic mass is 10.2. The summed E-state index contributed by atoms with van der Waals surface area (Å²) in [5.41, 5.74) is 1.71. The van der Waals surface area contributed by atoms with Crippen molar-refractivity contribution in [3.05, 3.63) is 75.5 Å². The van der Waals surface area contributed by atoms with Gasteiger partial charge in [0.05, 0.1) is 6.04 Å². The minimum Gasteiger partial charge on any atom is -0.342 e. The fourth-order valence-corrected chi connectivity index (χ4v) is 3.92. The SMILES string of the molecule is CCn1c(SCc2ccc(Cl)cc2)nnc1C(C)NC(=O)c1ccc(Cl)cc1. The van der Waals surface area contributed by atoms with E-state index in [9.17, 15) is 4.79 Å². The van der Waals surface area contributed by atoms with E-state index in [1.165, 1.54) is 0 Å². The van der Waals surface area contributed by atoms with Crippen LogP contribution in [0, 0.1) is 0 Å². The van der Waals surface area contributed by atoms with Gasteiger partial charge in [-0.1, -0.05) is 47.1 Å². The number of hydrogen-bond acceptors (Lipinski definition) is 4. The maximum atomic E-state index is 12.5. The van der Waals surface area contributed by atoms with Crippen molar-refractivity contribution in [3.63, 3.8) is 0 Å². The summed E-state index contributed by atoms with van der Waals surface area (Å²) in [5, 5.41) is 13.7. The van der Waals surface area contributed by atoms with Gasteiger partial charge in [0, 0.05) is 27.9 Å². The average molecular weight is 435 g/mol. The molecular formula is C20H20Cl2N4OS. The van der Waals surface area contributed by atoms with E-state index >= 15 is 0 Å². The molecule has 1 unspecified atom stereocenters. The molecule has 2 aromatic carbocycles. The van der Waals surface area contributed by atoms with Gasteiger partial charge in [-0.25, -0.2) is 0 Å². The third kappa shape index (κ3) is 5.07. The van der Waals surface area contributed by atoms with Gasteiger partial charge in [-0.05, 0) is 55.8 Å². The number of hydrogen-bond donors (Lipinski definition) is 1. The zero-order valence-electron chi connectivity index (χ0n) is 15.5. The summed E-state index contributed by atoms with van der Waals surface area (Å²) in [7, 11) is 0. The average Bonchev–Trinajstić information content (AvgIpc) is 3.11. The second-order valence-corrected chi connectivity index (χ2v) is 8.02. The van der Waals surface area contributed by atoms with Crippen LogP contribution in [0.1, 0.15) is 41.6 Å². The van der Waals surface area contributed by atoms with Gasteiger partial charge in [0.1, 0.15) is 0 Å². The van der Waals surface area contributed by atoms with Crippen LogP contribution < -0.4 is 5.32 Å². The molecule has 28 heavy (non-hydrogen) atoms. The van der Waals surface area contributed by atoms with Crippen LogP contribution in [-0.2, 0) is 12.3 Å². The number of amides is 1. The Bertz CT molecular complexity index is 942. The molecule has 0 fully saturated rings. The van der Waals surface area contributed by atoms with E-state index < -0.39 is 0 Å². The quantitative estimate of drug-likeness (QED) is 0.506. The fourth-order valence-electron chi connectivity index (χ4n) is 2.70. The van der Waals surface area contributed by atoms with E-state index in [2.05, 4.69) is 15.5 Å². The molecule has 1 aromatic heterocycles. The Morgan fingerprint density at radius 1 is 1.07 bits per heavy atom. The summed E-state index contributed by atoms with van der Waals surface area (Å²) < 4.78 is 2.02. The van der Waals surface area contributed by atoms with Crippen LogP contribution in [0.25, 0.3) is 0 Å². The van der Waals surface area contributed by atoms with Gasteiger partial charge >= 0.3 is 0 Å². The summed E-state index contributed by atoms with van der Waals surface area (Å²) in [6.07, 6.45) is 0. The third-order valence-corrected chi connectivity index (χ3v) is 5.73. The Morgan fingerprint density at radius 2 is 1.68 bits per heavy atom. The lowest BCUT2D eigenvalue weighted by molar-refractivity contribution is 0.0937. The summed E-state index contributed by atoms with van der Waals surface area (Å²) in [6.45, 7) is 4.65. The van der Waals surface area contributed by atoms with Crippen LogP contribution >= 0.6 is 35.0 Å². The molecule has 8 heteroatoms.